The van der Waals surface area contributed by atoms with Gasteiger partial charge in [0.15, 0.2) is 0 Å². The Kier molecular flexibility index (Phi) is 5.62. The molecule has 1 aromatic rings. The van der Waals surface area contributed by atoms with E-state index in [0.29, 0.717) is 0 Å². The molecule has 0 amide bonds. The third-order valence-electron chi connectivity index (χ3n) is 3.74. The predicted molar refractivity (Wildman–Crippen MR) is 84.4 cm³/mol. The van der Waals surface area contributed by atoms with E-state index in [2.05, 4.69) is 23.1 Å². The summed E-state index contributed by atoms with van der Waals surface area (Å²) in [7, 11) is 5.74. The Balaban J connectivity index is 0.00000200. The van der Waals surface area contributed by atoms with E-state index in [1.54, 1.807) is 7.11 Å². The van der Waals surface area contributed by atoms with Crippen molar-refractivity contribution in [2.75, 3.05) is 27.7 Å². The van der Waals surface area contributed by atoms with Crippen LogP contribution in [0.4, 0.5) is 0 Å². The lowest BCUT2D eigenvalue weighted by atomic mass is 9.71. The van der Waals surface area contributed by atoms with Gasteiger partial charge in [0.25, 0.3) is 0 Å². The summed E-state index contributed by atoms with van der Waals surface area (Å²) in [5.74, 6) is 0.818. The van der Waals surface area contributed by atoms with Gasteiger partial charge in [0.1, 0.15) is 5.75 Å². The average molecular weight is 293 g/mol. The molecule has 0 heterocycles. The third kappa shape index (κ3) is 3.15. The fourth-order valence-corrected chi connectivity index (χ4v) is 2.53. The Morgan fingerprint density at radius 3 is 2.75 bits per heavy atom. The molecule has 1 unspecified atom stereocenters. The second-order valence-electron chi connectivity index (χ2n) is 5.31. The van der Waals surface area contributed by atoms with Crippen molar-refractivity contribution in [3.8, 4) is 11.8 Å². The highest BCUT2D eigenvalue weighted by Gasteiger charge is 2.35. The zero-order valence-corrected chi connectivity index (χ0v) is 13.0. The largest absolute Gasteiger partial charge is 0.497 e. The van der Waals surface area contributed by atoms with E-state index in [0.717, 1.165) is 36.3 Å². The van der Waals surface area contributed by atoms with Crippen LogP contribution in [-0.4, -0.2) is 32.6 Å². The predicted octanol–water partition coefficient (Wildman–Crippen LogP) is 3.25. The van der Waals surface area contributed by atoms with Crippen molar-refractivity contribution in [3.05, 3.63) is 35.4 Å². The molecule has 0 fully saturated rings. The molecule has 1 aliphatic rings. The van der Waals surface area contributed by atoms with Crippen molar-refractivity contribution in [1.29, 1.82) is 5.26 Å². The van der Waals surface area contributed by atoms with Gasteiger partial charge in [-0.3, -0.25) is 0 Å². The van der Waals surface area contributed by atoms with Crippen LogP contribution >= 0.6 is 12.4 Å². The van der Waals surface area contributed by atoms with E-state index >= 15 is 0 Å². The number of benzene rings is 1. The Hall–Kier alpha value is -1.50. The second-order valence-corrected chi connectivity index (χ2v) is 5.31. The average Bonchev–Trinajstić information content (AvgIpc) is 2.44. The first-order valence-corrected chi connectivity index (χ1v) is 6.52. The Bertz CT molecular complexity index is 534. The topological polar surface area (TPSA) is 36.3 Å². The van der Waals surface area contributed by atoms with Crippen LogP contribution in [0.3, 0.4) is 0 Å². The first-order chi connectivity index (χ1) is 9.11. The third-order valence-corrected chi connectivity index (χ3v) is 3.74. The van der Waals surface area contributed by atoms with Crippen molar-refractivity contribution in [3.63, 3.8) is 0 Å². The van der Waals surface area contributed by atoms with Crippen LogP contribution in [0.5, 0.6) is 5.75 Å². The number of fused-ring (bicyclic) bond motifs is 1. The smallest absolute Gasteiger partial charge is 0.119 e. The SMILES string of the molecule is COc1ccc2c(c1)C(C#N)(CCN(C)C)CC=C2.Cl. The monoisotopic (exact) mass is 292 g/mol. The highest BCUT2D eigenvalue weighted by atomic mass is 35.5. The number of ether oxygens (including phenoxy) is 1. The van der Waals surface area contributed by atoms with Gasteiger partial charge in [-0.05, 0) is 56.7 Å². The Morgan fingerprint density at radius 2 is 2.15 bits per heavy atom. The molecule has 20 heavy (non-hydrogen) atoms. The van der Waals surface area contributed by atoms with Crippen molar-refractivity contribution >= 4 is 18.5 Å². The summed E-state index contributed by atoms with van der Waals surface area (Å²) < 4.78 is 5.30. The number of hydrogen-bond donors (Lipinski definition) is 0. The highest BCUT2D eigenvalue weighted by molar-refractivity contribution is 5.85. The molecule has 0 radical (unpaired) electrons. The van der Waals surface area contributed by atoms with Crippen LogP contribution in [0, 0.1) is 11.3 Å². The van der Waals surface area contributed by atoms with Gasteiger partial charge in [0.05, 0.1) is 18.6 Å². The molecule has 0 spiro atoms. The lowest BCUT2D eigenvalue weighted by molar-refractivity contribution is 0.351. The lowest BCUT2D eigenvalue weighted by Crippen LogP contribution is -2.31. The van der Waals surface area contributed by atoms with Crippen LogP contribution in [0.15, 0.2) is 24.3 Å². The quantitative estimate of drug-likeness (QED) is 0.855. The number of halogens is 1. The minimum Gasteiger partial charge on any atom is -0.497 e. The molecule has 2 rings (SSSR count). The summed E-state index contributed by atoms with van der Waals surface area (Å²) in [5, 5.41) is 9.72. The van der Waals surface area contributed by atoms with E-state index < -0.39 is 5.41 Å². The van der Waals surface area contributed by atoms with Crippen molar-refractivity contribution in [2.45, 2.75) is 18.3 Å². The summed E-state index contributed by atoms with van der Waals surface area (Å²) >= 11 is 0. The summed E-state index contributed by atoms with van der Waals surface area (Å²) in [6.07, 6.45) is 5.81. The highest BCUT2D eigenvalue weighted by Crippen LogP contribution is 2.39. The van der Waals surface area contributed by atoms with Crippen LogP contribution in [-0.2, 0) is 5.41 Å². The molecule has 0 bridgehead atoms. The zero-order valence-electron chi connectivity index (χ0n) is 12.2. The van der Waals surface area contributed by atoms with E-state index in [1.165, 1.54) is 0 Å². The van der Waals surface area contributed by atoms with E-state index in [-0.39, 0.29) is 12.4 Å². The lowest BCUT2D eigenvalue weighted by Gasteiger charge is -2.31. The maximum atomic E-state index is 9.72. The van der Waals surface area contributed by atoms with Gasteiger partial charge in [-0.2, -0.15) is 5.26 Å². The molecule has 108 valence electrons. The molecule has 0 saturated heterocycles. The van der Waals surface area contributed by atoms with Gasteiger partial charge >= 0.3 is 0 Å². The van der Waals surface area contributed by atoms with Gasteiger partial charge in [-0.1, -0.05) is 18.2 Å². The van der Waals surface area contributed by atoms with Gasteiger partial charge in [0, 0.05) is 0 Å². The normalized spacial score (nSPS) is 19.9. The summed E-state index contributed by atoms with van der Waals surface area (Å²) in [5.41, 5.74) is 1.80. The van der Waals surface area contributed by atoms with Crippen molar-refractivity contribution < 1.29 is 4.74 Å². The molecular formula is C16H21ClN2O. The maximum absolute atomic E-state index is 9.72. The molecule has 0 saturated carbocycles. The Labute approximate surface area is 127 Å². The minimum atomic E-state index is -0.428. The fourth-order valence-electron chi connectivity index (χ4n) is 2.53. The standard InChI is InChI=1S/C16H20N2O.ClH/c1-18(2)10-9-16(12-17)8-4-5-13-6-7-14(19-3)11-15(13)16;/h4-7,11H,8-10H2,1-3H3;1H. The van der Waals surface area contributed by atoms with E-state index in [9.17, 15) is 5.26 Å². The molecule has 0 N–H and O–H groups in total. The summed E-state index contributed by atoms with van der Waals surface area (Å²) in [6, 6.07) is 8.54. The minimum absolute atomic E-state index is 0. The molecule has 3 nitrogen and oxygen atoms in total. The molecule has 1 aromatic carbocycles. The molecule has 4 heteroatoms. The molecule has 0 aliphatic heterocycles. The van der Waals surface area contributed by atoms with Crippen LogP contribution in [0.1, 0.15) is 24.0 Å². The van der Waals surface area contributed by atoms with Crippen LogP contribution in [0.2, 0.25) is 0 Å². The first kappa shape index (κ1) is 16.6. The number of allylic oxidation sites excluding steroid dienone is 1. The van der Waals surface area contributed by atoms with E-state index in [1.807, 2.05) is 32.3 Å². The van der Waals surface area contributed by atoms with Gasteiger partial charge in [0.2, 0.25) is 0 Å². The fraction of sp³-hybridized carbons (Fsp3) is 0.438. The number of rotatable bonds is 4. The van der Waals surface area contributed by atoms with Crippen molar-refractivity contribution in [1.82, 2.24) is 4.90 Å². The maximum Gasteiger partial charge on any atom is 0.119 e. The van der Waals surface area contributed by atoms with Crippen molar-refractivity contribution in [2.24, 2.45) is 0 Å². The molecule has 1 aliphatic carbocycles. The Morgan fingerprint density at radius 1 is 1.40 bits per heavy atom. The first-order valence-electron chi connectivity index (χ1n) is 6.52. The van der Waals surface area contributed by atoms with Gasteiger partial charge < -0.3 is 9.64 Å². The number of nitrogens with zero attached hydrogens (tertiary/aromatic N) is 2. The number of hydrogen-bond acceptors (Lipinski definition) is 3. The molecule has 0 aromatic heterocycles. The number of nitriles is 1. The zero-order chi connectivity index (χ0) is 13.9. The van der Waals surface area contributed by atoms with Crippen LogP contribution < -0.4 is 4.74 Å². The summed E-state index contributed by atoms with van der Waals surface area (Å²) in [6.45, 7) is 0.901. The summed E-state index contributed by atoms with van der Waals surface area (Å²) in [4.78, 5) is 2.12. The molecular weight excluding hydrogens is 272 g/mol. The van der Waals surface area contributed by atoms with Gasteiger partial charge in [-0.25, -0.2) is 0 Å². The van der Waals surface area contributed by atoms with Gasteiger partial charge in [-0.15, -0.1) is 12.4 Å². The van der Waals surface area contributed by atoms with Crippen LogP contribution in [0.25, 0.3) is 6.08 Å². The molecule has 1 atom stereocenters. The number of methoxy groups -OCH3 is 1. The second kappa shape index (κ2) is 6.78. The van der Waals surface area contributed by atoms with E-state index in [4.69, 9.17) is 4.74 Å².